The fourth-order valence-corrected chi connectivity index (χ4v) is 4.25. The van der Waals surface area contributed by atoms with Crippen LogP contribution in [0.4, 0.5) is 4.79 Å². The van der Waals surface area contributed by atoms with E-state index in [4.69, 9.17) is 0 Å². The number of rotatable bonds is 6. The van der Waals surface area contributed by atoms with E-state index in [0.29, 0.717) is 12.1 Å². The van der Waals surface area contributed by atoms with E-state index in [-0.39, 0.29) is 18.5 Å². The SMILES string of the molecule is CC(C)N(Cc1ccccc1)C(=O)CN1C(=O)NC(C)(c2cccc3ccccc23)C1=O. The predicted octanol–water partition coefficient (Wildman–Crippen LogP) is 4.04. The molecule has 0 bridgehead atoms. The van der Waals surface area contributed by atoms with Gasteiger partial charge >= 0.3 is 6.03 Å². The molecule has 1 aliphatic heterocycles. The van der Waals surface area contributed by atoms with E-state index in [9.17, 15) is 14.4 Å². The van der Waals surface area contributed by atoms with Crippen LogP contribution in [-0.2, 0) is 21.7 Å². The summed E-state index contributed by atoms with van der Waals surface area (Å²) in [5.74, 6) is -0.690. The molecule has 1 unspecified atom stereocenters. The first kappa shape index (κ1) is 21.6. The molecule has 164 valence electrons. The minimum Gasteiger partial charge on any atom is -0.334 e. The van der Waals surface area contributed by atoms with Crippen molar-refractivity contribution < 1.29 is 14.4 Å². The van der Waals surface area contributed by atoms with Crippen molar-refractivity contribution in [3.8, 4) is 0 Å². The molecule has 0 aromatic heterocycles. The minimum atomic E-state index is -1.24. The summed E-state index contributed by atoms with van der Waals surface area (Å²) < 4.78 is 0. The lowest BCUT2D eigenvalue weighted by Gasteiger charge is -2.29. The quantitative estimate of drug-likeness (QED) is 0.601. The molecule has 0 saturated carbocycles. The molecule has 1 saturated heterocycles. The molecule has 4 rings (SSSR count). The number of benzene rings is 3. The van der Waals surface area contributed by atoms with Crippen LogP contribution in [0.2, 0.25) is 0 Å². The highest BCUT2D eigenvalue weighted by molar-refractivity contribution is 6.10. The van der Waals surface area contributed by atoms with Gasteiger partial charge in [0.1, 0.15) is 12.1 Å². The summed E-state index contributed by atoms with van der Waals surface area (Å²) in [6.07, 6.45) is 0. The number of nitrogens with one attached hydrogen (secondary N) is 1. The van der Waals surface area contributed by atoms with Crippen molar-refractivity contribution in [2.75, 3.05) is 6.54 Å². The van der Waals surface area contributed by atoms with E-state index in [1.54, 1.807) is 11.8 Å². The topological polar surface area (TPSA) is 69.7 Å². The summed E-state index contributed by atoms with van der Waals surface area (Å²) >= 11 is 0. The third kappa shape index (κ3) is 3.84. The second kappa shape index (κ2) is 8.46. The van der Waals surface area contributed by atoms with Gasteiger partial charge in [-0.05, 0) is 42.7 Å². The van der Waals surface area contributed by atoms with Crippen LogP contribution in [0.3, 0.4) is 0 Å². The van der Waals surface area contributed by atoms with Gasteiger partial charge in [0.25, 0.3) is 5.91 Å². The number of urea groups is 1. The molecule has 1 N–H and O–H groups in total. The zero-order valence-electron chi connectivity index (χ0n) is 18.5. The Hall–Kier alpha value is -3.67. The van der Waals surface area contributed by atoms with E-state index in [1.807, 2.05) is 86.6 Å². The van der Waals surface area contributed by atoms with Crippen LogP contribution in [0.25, 0.3) is 10.8 Å². The maximum absolute atomic E-state index is 13.4. The molecule has 1 heterocycles. The molecule has 1 atom stereocenters. The first-order valence-corrected chi connectivity index (χ1v) is 10.8. The number of carbonyl (C=O) groups is 3. The third-order valence-corrected chi connectivity index (χ3v) is 6.04. The molecule has 3 aromatic rings. The van der Waals surface area contributed by atoms with Crippen LogP contribution in [0.1, 0.15) is 31.9 Å². The molecule has 4 amide bonds. The first-order chi connectivity index (χ1) is 15.3. The highest BCUT2D eigenvalue weighted by atomic mass is 16.2. The molecule has 6 heteroatoms. The van der Waals surface area contributed by atoms with Gasteiger partial charge in [0.2, 0.25) is 5.91 Å². The Labute approximate surface area is 187 Å². The van der Waals surface area contributed by atoms with E-state index in [1.165, 1.54) is 0 Å². The molecule has 0 aliphatic carbocycles. The standard InChI is InChI=1S/C26H27N3O3/c1-18(2)28(16-19-10-5-4-6-11-19)23(30)17-29-24(31)26(3,27-25(29)32)22-15-9-13-20-12-7-8-14-21(20)22/h4-15,18H,16-17H2,1-3H3,(H,27,32). The summed E-state index contributed by atoms with van der Waals surface area (Å²) in [6.45, 7) is 5.67. The normalized spacial score (nSPS) is 18.3. The van der Waals surface area contributed by atoms with Gasteiger partial charge in [0.05, 0.1) is 0 Å². The van der Waals surface area contributed by atoms with Crippen molar-refractivity contribution in [1.82, 2.24) is 15.1 Å². The van der Waals surface area contributed by atoms with Gasteiger partial charge in [0.15, 0.2) is 0 Å². The summed E-state index contributed by atoms with van der Waals surface area (Å²) in [4.78, 5) is 42.1. The fourth-order valence-electron chi connectivity index (χ4n) is 4.25. The number of amides is 4. The van der Waals surface area contributed by atoms with Crippen LogP contribution in [0.15, 0.2) is 72.8 Å². The van der Waals surface area contributed by atoms with Crippen molar-refractivity contribution in [3.63, 3.8) is 0 Å². The largest absolute Gasteiger partial charge is 0.334 e. The zero-order chi connectivity index (χ0) is 22.9. The number of carbonyl (C=O) groups excluding carboxylic acids is 3. The van der Waals surface area contributed by atoms with Crippen molar-refractivity contribution >= 4 is 28.6 Å². The fraction of sp³-hybridized carbons (Fsp3) is 0.269. The number of fused-ring (bicyclic) bond motifs is 1. The number of hydrogen-bond acceptors (Lipinski definition) is 3. The number of nitrogens with zero attached hydrogens (tertiary/aromatic N) is 2. The second-order valence-electron chi connectivity index (χ2n) is 8.57. The van der Waals surface area contributed by atoms with Crippen LogP contribution in [-0.4, -0.2) is 40.2 Å². The molecule has 0 spiro atoms. The molecule has 1 aliphatic rings. The van der Waals surface area contributed by atoms with Gasteiger partial charge < -0.3 is 10.2 Å². The van der Waals surface area contributed by atoms with Gasteiger partial charge in [-0.3, -0.25) is 14.5 Å². The highest BCUT2D eigenvalue weighted by Crippen LogP contribution is 2.33. The Balaban J connectivity index is 1.59. The van der Waals surface area contributed by atoms with Crippen molar-refractivity contribution in [1.29, 1.82) is 0 Å². The van der Waals surface area contributed by atoms with E-state index < -0.39 is 17.5 Å². The predicted molar refractivity (Wildman–Crippen MR) is 124 cm³/mol. The van der Waals surface area contributed by atoms with Crippen LogP contribution >= 0.6 is 0 Å². The summed E-state index contributed by atoms with van der Waals surface area (Å²) in [5.41, 5.74) is 0.474. The highest BCUT2D eigenvalue weighted by Gasteiger charge is 2.50. The summed E-state index contributed by atoms with van der Waals surface area (Å²) in [5, 5.41) is 4.71. The minimum absolute atomic E-state index is 0.0760. The van der Waals surface area contributed by atoms with Crippen molar-refractivity contribution in [3.05, 3.63) is 83.9 Å². The first-order valence-electron chi connectivity index (χ1n) is 10.8. The Morgan fingerprint density at radius 2 is 1.62 bits per heavy atom. The van der Waals surface area contributed by atoms with Crippen molar-refractivity contribution in [2.45, 2.75) is 38.9 Å². The monoisotopic (exact) mass is 429 g/mol. The lowest BCUT2D eigenvalue weighted by Crippen LogP contribution is -2.46. The van der Waals surface area contributed by atoms with E-state index in [0.717, 1.165) is 21.2 Å². The smallest absolute Gasteiger partial charge is 0.325 e. The second-order valence-corrected chi connectivity index (χ2v) is 8.57. The van der Waals surface area contributed by atoms with E-state index >= 15 is 0 Å². The molecule has 3 aromatic carbocycles. The van der Waals surface area contributed by atoms with E-state index in [2.05, 4.69) is 5.32 Å². The average molecular weight is 430 g/mol. The van der Waals surface area contributed by atoms with Crippen LogP contribution in [0, 0.1) is 0 Å². The number of hydrogen-bond donors (Lipinski definition) is 1. The van der Waals surface area contributed by atoms with Crippen molar-refractivity contribution in [2.24, 2.45) is 0 Å². The lowest BCUT2D eigenvalue weighted by molar-refractivity contribution is -0.140. The number of imide groups is 1. The Bertz CT molecular complexity index is 1170. The van der Waals surface area contributed by atoms with Gasteiger partial charge in [-0.2, -0.15) is 0 Å². The maximum atomic E-state index is 13.4. The average Bonchev–Trinajstić information content (AvgIpc) is 3.01. The Morgan fingerprint density at radius 1 is 0.969 bits per heavy atom. The third-order valence-electron chi connectivity index (χ3n) is 6.04. The Morgan fingerprint density at radius 3 is 2.34 bits per heavy atom. The molecular weight excluding hydrogens is 402 g/mol. The van der Waals surface area contributed by atoms with Gasteiger partial charge in [-0.1, -0.05) is 72.8 Å². The summed E-state index contributed by atoms with van der Waals surface area (Å²) in [7, 11) is 0. The Kier molecular flexibility index (Phi) is 5.70. The molecule has 32 heavy (non-hydrogen) atoms. The zero-order valence-corrected chi connectivity index (χ0v) is 18.5. The van der Waals surface area contributed by atoms with Crippen LogP contribution in [0.5, 0.6) is 0 Å². The summed E-state index contributed by atoms with van der Waals surface area (Å²) in [6, 6.07) is 22.5. The lowest BCUT2D eigenvalue weighted by atomic mass is 9.88. The molecular formula is C26H27N3O3. The van der Waals surface area contributed by atoms with Gasteiger partial charge in [-0.25, -0.2) is 4.79 Å². The van der Waals surface area contributed by atoms with Gasteiger partial charge in [-0.15, -0.1) is 0 Å². The van der Waals surface area contributed by atoms with Gasteiger partial charge in [0, 0.05) is 12.6 Å². The molecule has 6 nitrogen and oxygen atoms in total. The maximum Gasteiger partial charge on any atom is 0.325 e. The van der Waals surface area contributed by atoms with Crippen LogP contribution < -0.4 is 5.32 Å². The molecule has 0 radical (unpaired) electrons. The molecule has 1 fully saturated rings.